The van der Waals surface area contributed by atoms with E-state index in [1.165, 1.54) is 385 Å². The van der Waals surface area contributed by atoms with Crippen molar-refractivity contribution in [2.24, 2.45) is 0 Å². The second kappa shape index (κ2) is 75.0. The van der Waals surface area contributed by atoms with E-state index in [1.54, 1.807) is 0 Å². The van der Waals surface area contributed by atoms with Crippen LogP contribution in [0.1, 0.15) is 636 Å². The van der Waals surface area contributed by atoms with Gasteiger partial charge in [-0.2, -0.15) is 21.0 Å². The molecule has 0 fully saturated rings. The fourth-order valence-corrected chi connectivity index (χ4v) is 23.8. The van der Waals surface area contributed by atoms with Crippen LogP contribution in [-0.2, 0) is 51.4 Å². The van der Waals surface area contributed by atoms with Crippen LogP contribution in [0.5, 0.6) is 0 Å². The normalized spacial score (nSPS) is 11.8. The molecule has 12 nitrogen and oxygen atoms in total. The fraction of sp³-hybridized carbons (Fsp3) is 0.727. The van der Waals surface area contributed by atoms with Crippen LogP contribution in [0.25, 0.3) is 89.7 Å². The summed E-state index contributed by atoms with van der Waals surface area (Å²) in [5, 5.41) is 52.2. The third-order valence-corrected chi connectivity index (χ3v) is 32.5. The van der Waals surface area contributed by atoms with Gasteiger partial charge in [0.15, 0.2) is 23.3 Å². The van der Waals surface area contributed by atoms with Gasteiger partial charge in [0.2, 0.25) is 0 Å². The molecule has 794 valence electrons. The van der Waals surface area contributed by atoms with E-state index in [2.05, 4.69) is 114 Å². The summed E-state index contributed by atoms with van der Waals surface area (Å²) >= 11 is 0. The molecular formula is C132H206N12. The Labute approximate surface area is 880 Å². The number of aromatic amines is 2. The van der Waals surface area contributed by atoms with Crippen molar-refractivity contribution in [3.63, 3.8) is 0 Å². The molecule has 8 bridgehead atoms. The Morgan fingerprint density at radius 1 is 0.167 bits per heavy atom. The Kier molecular flexibility index (Phi) is 62.3. The molecule has 0 atom stereocenters. The van der Waals surface area contributed by atoms with Crippen molar-refractivity contribution >= 4 is 44.1 Å². The number of hydrogen-bond donors (Lipinski definition) is 2. The van der Waals surface area contributed by atoms with Gasteiger partial charge >= 0.3 is 0 Å². The largest absolute Gasteiger partial charge is 0.324 e. The molecule has 0 unspecified atom stereocenters. The van der Waals surface area contributed by atoms with E-state index < -0.39 is 0 Å². The van der Waals surface area contributed by atoms with Gasteiger partial charge in [-0.1, -0.05) is 518 Å². The predicted molar refractivity (Wildman–Crippen MR) is 619 cm³/mol. The zero-order valence-electron chi connectivity index (χ0n) is 94.0. The molecule has 0 amide bonds. The summed E-state index contributed by atoms with van der Waals surface area (Å²) in [6.07, 6.45) is 103. The van der Waals surface area contributed by atoms with Gasteiger partial charge < -0.3 is 9.97 Å². The molecule has 3 aromatic heterocycles. The van der Waals surface area contributed by atoms with Crippen LogP contribution in [-0.4, -0.2) is 39.9 Å². The number of nitrogens with zero attached hydrogens (tertiary/aromatic N) is 10. The summed E-state index contributed by atoms with van der Waals surface area (Å²) in [5.74, 6) is 2.28. The van der Waals surface area contributed by atoms with Crippen molar-refractivity contribution < 1.29 is 0 Å². The van der Waals surface area contributed by atoms with Crippen molar-refractivity contribution in [1.29, 1.82) is 21.0 Å². The topological polar surface area (TPSA) is 204 Å². The number of aryl methyl sites for hydroxylation is 6. The Balaban J connectivity index is 1.43. The third-order valence-electron chi connectivity index (χ3n) is 32.5. The van der Waals surface area contributed by atoms with Gasteiger partial charge in [0.05, 0.1) is 46.5 Å². The van der Waals surface area contributed by atoms with Crippen molar-refractivity contribution in [3.05, 3.63) is 91.0 Å². The fourth-order valence-electron chi connectivity index (χ4n) is 23.8. The summed E-state index contributed by atoms with van der Waals surface area (Å²) in [7, 11) is 0. The molecular weight excluding hydrogens is 1750 g/mol. The van der Waals surface area contributed by atoms with Gasteiger partial charge in [-0.3, -0.25) is 0 Å². The molecule has 2 aliphatic heterocycles. The number of nitriles is 4. The average Bonchev–Trinajstić information content (AvgIpc) is 1.56. The van der Waals surface area contributed by atoms with Crippen LogP contribution in [0.3, 0.4) is 0 Å². The number of rotatable bonds is 88. The number of nitrogens with one attached hydrogen (secondary N) is 2. The molecule has 0 saturated heterocycles. The number of hydrogen-bond acceptors (Lipinski definition) is 10. The monoisotopic (exact) mass is 1960 g/mol. The maximum absolute atomic E-state index is 12.1. The van der Waals surface area contributed by atoms with Gasteiger partial charge in [-0.25, -0.2) is 29.9 Å². The lowest BCUT2D eigenvalue weighted by Crippen LogP contribution is -2.02. The minimum absolute atomic E-state index is 0.559. The average molecular weight is 1960 g/mol. The molecule has 0 radical (unpaired) electrons. The number of aromatic nitrogens is 8. The van der Waals surface area contributed by atoms with Crippen LogP contribution in [0.15, 0.2) is 24.3 Å². The van der Waals surface area contributed by atoms with Crippen molar-refractivity contribution in [2.45, 2.75) is 620 Å². The molecule has 5 heterocycles. The van der Waals surface area contributed by atoms with E-state index in [0.717, 1.165) is 242 Å². The molecule has 0 spiro atoms. The second-order valence-corrected chi connectivity index (χ2v) is 44.8. The Hall–Kier alpha value is -7.80. The van der Waals surface area contributed by atoms with Gasteiger partial charge in [-0.05, 0) is 172 Å². The second-order valence-electron chi connectivity index (χ2n) is 44.8. The lowest BCUT2D eigenvalue weighted by Gasteiger charge is -2.15. The smallest absolute Gasteiger partial charge is 0.165 e. The lowest BCUT2D eigenvalue weighted by atomic mass is 9.87. The standard InChI is InChI=1S/C132H206N12/c1-9-17-25-33-41-49-57-65-73-81-89-105-97-109(101-133)113(93-85-77-69-61-53-45-37-29-21-13-5)121-117(105)125-137-129(121)142-126-119-107(91-83-75-67-59-51-43-35-27-19-11-3)99-111(103-135)115(95-87-79-71-63-55-47-39-31-23-15-7)123(119)131(139-126)144-128-120-108(92-84-76-68-60-52-44-36-28-20-12-4)100-112(104-136)116(96-88-80-72-64-56-48-40-32-24-16-8)124(120)132(140-128)143-127-118-106(90-82-74-66-58-50-42-34-26-18-10-2)98-110(102-134)114(122(118)130(138-127)141-125)94-86-78-70-62-54-46-38-30-22-14-6/h97-100H,9-96H2,1-8H3,(H2,137,138,139,140,141,142,143,144). The van der Waals surface area contributed by atoms with Gasteiger partial charge in [0.25, 0.3) is 0 Å². The first-order valence-corrected chi connectivity index (χ1v) is 62.4. The summed E-state index contributed by atoms with van der Waals surface area (Å²) in [6.45, 7) is 18.5. The van der Waals surface area contributed by atoms with Gasteiger partial charge in [0, 0.05) is 43.8 Å². The van der Waals surface area contributed by atoms with E-state index in [4.69, 9.17) is 29.9 Å². The van der Waals surface area contributed by atoms with Crippen molar-refractivity contribution in [1.82, 2.24) is 39.9 Å². The molecule has 4 aromatic carbocycles. The van der Waals surface area contributed by atoms with Crippen LogP contribution in [0.4, 0.5) is 0 Å². The highest BCUT2D eigenvalue weighted by Crippen LogP contribution is 2.48. The Morgan fingerprint density at radius 3 is 0.521 bits per heavy atom. The first-order chi connectivity index (χ1) is 71.2. The number of unbranched alkanes of at least 4 members (excludes halogenated alkanes) is 72. The van der Waals surface area contributed by atoms with Crippen LogP contribution in [0, 0.1) is 45.3 Å². The van der Waals surface area contributed by atoms with Crippen molar-refractivity contribution in [3.8, 4) is 69.8 Å². The van der Waals surface area contributed by atoms with Crippen LogP contribution < -0.4 is 0 Å². The van der Waals surface area contributed by atoms with E-state index >= 15 is 0 Å². The molecule has 144 heavy (non-hydrogen) atoms. The SMILES string of the molecule is CCCCCCCCCCCCc1cc(C#N)c(CCCCCCCCCCCC)c2c1-c1nc-2nc2[nH]c(nc3nc(nc4[nH]c(n1)c1c(CCCCCCCCCCCC)c(C#N)cc(CCCCCCCCCCCC)c41)-c1c(CCCCCCCCCCCC)c(C#N)cc(CCCCCCCCCCCC)c1-3)c1c(CCCCCCCCCCCC)c(C#N)cc(CCCCCCCCCCCC)c21. The first kappa shape index (κ1) is 120. The quantitative estimate of drug-likeness (QED) is 0.0345. The molecule has 7 aromatic rings. The van der Waals surface area contributed by atoms with Gasteiger partial charge in [0.1, 0.15) is 22.6 Å². The summed E-state index contributed by atoms with van der Waals surface area (Å²) in [6, 6.07) is 20.6. The molecule has 0 aliphatic carbocycles. The molecule has 0 saturated carbocycles. The number of fused-ring (bicyclic) bond motifs is 20. The van der Waals surface area contributed by atoms with E-state index in [9.17, 15) is 21.0 Å². The molecule has 12 heteroatoms. The maximum Gasteiger partial charge on any atom is 0.165 e. The number of H-pyrrole nitrogens is 2. The number of benzene rings is 4. The van der Waals surface area contributed by atoms with Crippen LogP contribution >= 0.6 is 0 Å². The lowest BCUT2D eigenvalue weighted by molar-refractivity contribution is 0.556. The summed E-state index contributed by atoms with van der Waals surface area (Å²) < 4.78 is 0. The zero-order chi connectivity index (χ0) is 102. The summed E-state index contributed by atoms with van der Waals surface area (Å²) in [5.41, 5.74) is 17.7. The minimum atomic E-state index is 0.559. The maximum atomic E-state index is 12.1. The highest BCUT2D eigenvalue weighted by molar-refractivity contribution is 6.11. The Morgan fingerprint density at radius 2 is 0.319 bits per heavy atom. The first-order valence-electron chi connectivity index (χ1n) is 62.4. The highest BCUT2D eigenvalue weighted by Gasteiger charge is 2.34. The van der Waals surface area contributed by atoms with Gasteiger partial charge in [-0.15, -0.1) is 0 Å². The van der Waals surface area contributed by atoms with Crippen molar-refractivity contribution in [2.75, 3.05) is 0 Å². The zero-order valence-corrected chi connectivity index (χ0v) is 94.0. The molecule has 9 rings (SSSR count). The van der Waals surface area contributed by atoms with E-state index in [0.29, 0.717) is 93.8 Å². The minimum Gasteiger partial charge on any atom is -0.324 e. The third kappa shape index (κ3) is 41.3. The predicted octanol–water partition coefficient (Wildman–Crippen LogP) is 42.1. The Bertz CT molecular complexity index is 4770. The highest BCUT2D eigenvalue weighted by atomic mass is 15.1. The van der Waals surface area contributed by atoms with E-state index in [-0.39, 0.29) is 0 Å². The summed E-state index contributed by atoms with van der Waals surface area (Å²) in [4.78, 5) is 45.4. The molecule has 2 N–H and O–H groups in total. The van der Waals surface area contributed by atoms with E-state index in [1.807, 2.05) is 0 Å². The molecule has 2 aliphatic rings. The van der Waals surface area contributed by atoms with Crippen LogP contribution in [0.2, 0.25) is 0 Å².